The van der Waals surface area contributed by atoms with Crippen LogP contribution in [0, 0.1) is 0 Å². The third-order valence-corrected chi connectivity index (χ3v) is 5.27. The second-order valence-electron chi connectivity index (χ2n) is 7.06. The van der Waals surface area contributed by atoms with Crippen molar-refractivity contribution in [3.63, 3.8) is 0 Å². The predicted octanol–water partition coefficient (Wildman–Crippen LogP) is 3.46. The van der Waals surface area contributed by atoms with Gasteiger partial charge < -0.3 is 5.32 Å². The molecule has 2 fully saturated rings. The van der Waals surface area contributed by atoms with Crippen molar-refractivity contribution in [1.82, 2.24) is 20.1 Å². The van der Waals surface area contributed by atoms with Gasteiger partial charge in [-0.1, -0.05) is 0 Å². The first-order valence-electron chi connectivity index (χ1n) is 8.60. The number of rotatable bonds is 3. The Hall–Kier alpha value is -1.82. The van der Waals surface area contributed by atoms with E-state index in [1.54, 1.807) is 4.68 Å². The smallest absolute Gasteiger partial charge is 0.248 e. The normalized spacial score (nSPS) is 26.1. The lowest BCUT2D eigenvalue weighted by Crippen LogP contribution is -2.11. The van der Waals surface area contributed by atoms with E-state index < -0.39 is 5.92 Å². The van der Waals surface area contributed by atoms with Crippen LogP contribution in [0.15, 0.2) is 24.5 Å². The van der Waals surface area contributed by atoms with E-state index in [1.165, 1.54) is 5.56 Å². The molecule has 1 aliphatic heterocycles. The summed E-state index contributed by atoms with van der Waals surface area (Å²) in [5.74, 6) is -2.29. The molecule has 2 atom stereocenters. The molecular weight excluding hydrogens is 310 g/mol. The molecule has 3 heterocycles. The maximum Gasteiger partial charge on any atom is 0.248 e. The number of aryl methyl sites for hydroxylation is 1. The highest BCUT2D eigenvalue weighted by Gasteiger charge is 2.40. The Bertz CT molecular complexity index is 734. The van der Waals surface area contributed by atoms with Gasteiger partial charge in [0.15, 0.2) is 0 Å². The van der Waals surface area contributed by atoms with E-state index in [0.29, 0.717) is 12.3 Å². The average molecular weight is 332 g/mol. The summed E-state index contributed by atoms with van der Waals surface area (Å²) in [4.78, 5) is 4.57. The Morgan fingerprint density at radius 3 is 2.79 bits per heavy atom. The number of halogens is 2. The van der Waals surface area contributed by atoms with Crippen LogP contribution in [0.5, 0.6) is 0 Å². The summed E-state index contributed by atoms with van der Waals surface area (Å²) < 4.78 is 28.9. The molecule has 2 aromatic rings. The van der Waals surface area contributed by atoms with Gasteiger partial charge >= 0.3 is 0 Å². The van der Waals surface area contributed by atoms with Crippen molar-refractivity contribution >= 4 is 0 Å². The van der Waals surface area contributed by atoms with E-state index in [-0.39, 0.29) is 18.8 Å². The van der Waals surface area contributed by atoms with Gasteiger partial charge in [0.1, 0.15) is 0 Å². The first-order valence-corrected chi connectivity index (χ1v) is 8.60. The third-order valence-electron chi connectivity index (χ3n) is 5.27. The lowest BCUT2D eigenvalue weighted by molar-refractivity contribution is 0.00766. The van der Waals surface area contributed by atoms with Crippen LogP contribution in [-0.2, 0) is 7.05 Å². The summed E-state index contributed by atoms with van der Waals surface area (Å²) in [6.45, 7) is 1.94. The molecule has 4 rings (SSSR count). The molecule has 1 saturated carbocycles. The minimum absolute atomic E-state index is 0.0352. The van der Waals surface area contributed by atoms with E-state index in [2.05, 4.69) is 15.4 Å². The van der Waals surface area contributed by atoms with E-state index in [9.17, 15) is 8.78 Å². The van der Waals surface area contributed by atoms with Crippen LogP contribution in [0.1, 0.15) is 48.8 Å². The van der Waals surface area contributed by atoms with E-state index in [4.69, 9.17) is 0 Å². The molecule has 0 aromatic carbocycles. The Kier molecular flexibility index (Phi) is 3.87. The van der Waals surface area contributed by atoms with Crippen LogP contribution in [0.2, 0.25) is 0 Å². The van der Waals surface area contributed by atoms with Gasteiger partial charge in [0.25, 0.3) is 0 Å². The van der Waals surface area contributed by atoms with Crippen molar-refractivity contribution < 1.29 is 8.78 Å². The van der Waals surface area contributed by atoms with Crippen LogP contribution in [0.3, 0.4) is 0 Å². The van der Waals surface area contributed by atoms with Crippen molar-refractivity contribution in [2.45, 2.75) is 43.4 Å². The zero-order valence-electron chi connectivity index (χ0n) is 13.8. The van der Waals surface area contributed by atoms with E-state index in [1.807, 2.05) is 31.6 Å². The monoisotopic (exact) mass is 332 g/mol. The summed E-state index contributed by atoms with van der Waals surface area (Å²) >= 11 is 0. The van der Waals surface area contributed by atoms with Crippen LogP contribution in [0.25, 0.3) is 11.3 Å². The number of hydrogen-bond donors (Lipinski definition) is 1. The Morgan fingerprint density at radius 2 is 2.17 bits per heavy atom. The first kappa shape index (κ1) is 15.7. The molecule has 1 saturated heterocycles. The summed E-state index contributed by atoms with van der Waals surface area (Å²) in [5, 5.41) is 7.91. The molecule has 1 N–H and O–H groups in total. The topological polar surface area (TPSA) is 42.7 Å². The van der Waals surface area contributed by atoms with Crippen LogP contribution >= 0.6 is 0 Å². The third kappa shape index (κ3) is 2.95. The average Bonchev–Trinajstić information content (AvgIpc) is 3.27. The fourth-order valence-corrected chi connectivity index (χ4v) is 3.93. The maximum atomic E-state index is 13.6. The fraction of sp³-hybridized carbons (Fsp3) is 0.556. The minimum atomic E-state index is -2.55. The fourth-order valence-electron chi connectivity index (χ4n) is 3.93. The number of alkyl halides is 2. The number of nitrogens with zero attached hydrogens (tertiary/aromatic N) is 3. The van der Waals surface area contributed by atoms with Crippen molar-refractivity contribution in [3.05, 3.63) is 35.8 Å². The van der Waals surface area contributed by atoms with Gasteiger partial charge in [0, 0.05) is 56.0 Å². The van der Waals surface area contributed by atoms with Gasteiger partial charge in [-0.2, -0.15) is 5.10 Å². The molecule has 6 heteroatoms. The minimum Gasteiger partial charge on any atom is -0.316 e. The largest absolute Gasteiger partial charge is 0.316 e. The van der Waals surface area contributed by atoms with Crippen LogP contribution in [0.4, 0.5) is 8.78 Å². The molecular formula is C18H22F2N4. The number of nitrogens with one attached hydrogen (secondary N) is 1. The zero-order valence-corrected chi connectivity index (χ0v) is 13.8. The quantitative estimate of drug-likeness (QED) is 0.936. The Balaban J connectivity index is 1.73. The van der Waals surface area contributed by atoms with Gasteiger partial charge in [-0.15, -0.1) is 0 Å². The van der Waals surface area contributed by atoms with Crippen LogP contribution < -0.4 is 5.32 Å². The number of aromatic nitrogens is 3. The molecule has 128 valence electrons. The molecule has 0 spiro atoms. The molecule has 2 aliphatic rings. The van der Waals surface area contributed by atoms with Crippen molar-refractivity contribution in [2.24, 2.45) is 7.05 Å². The number of hydrogen-bond acceptors (Lipinski definition) is 3. The molecule has 0 bridgehead atoms. The predicted molar refractivity (Wildman–Crippen MR) is 88.2 cm³/mol. The summed E-state index contributed by atoms with van der Waals surface area (Å²) in [6.07, 6.45) is 5.26. The lowest BCUT2D eigenvalue weighted by atomic mass is 9.91. The zero-order chi connectivity index (χ0) is 16.7. The van der Waals surface area contributed by atoms with E-state index >= 15 is 0 Å². The second-order valence-corrected chi connectivity index (χ2v) is 7.06. The summed E-state index contributed by atoms with van der Waals surface area (Å²) in [7, 11) is 1.89. The van der Waals surface area contributed by atoms with Crippen molar-refractivity contribution in [2.75, 3.05) is 13.1 Å². The van der Waals surface area contributed by atoms with Crippen molar-refractivity contribution in [1.29, 1.82) is 0 Å². The molecule has 0 radical (unpaired) electrons. The van der Waals surface area contributed by atoms with Crippen molar-refractivity contribution in [3.8, 4) is 11.3 Å². The molecule has 24 heavy (non-hydrogen) atoms. The maximum absolute atomic E-state index is 13.6. The van der Waals surface area contributed by atoms with Gasteiger partial charge in [-0.3, -0.25) is 9.67 Å². The van der Waals surface area contributed by atoms with Gasteiger partial charge in [-0.05, 0) is 43.0 Å². The number of pyridine rings is 1. The first-order chi connectivity index (χ1) is 11.5. The summed E-state index contributed by atoms with van der Waals surface area (Å²) in [5.41, 5.74) is 3.90. The molecule has 1 aliphatic carbocycles. The molecule has 2 unspecified atom stereocenters. The standard InChI is InChI=1S/C18H22F2N4/c1-24-7-4-16(23-24)14-8-17(12-2-5-18(19,20)9-12)22-11-15(14)13-3-6-21-10-13/h4,7-8,11-13,21H,2-3,5-6,9-10H2,1H3. The highest BCUT2D eigenvalue weighted by Crippen LogP contribution is 2.44. The van der Waals surface area contributed by atoms with Gasteiger partial charge in [0.2, 0.25) is 5.92 Å². The lowest BCUT2D eigenvalue weighted by Gasteiger charge is -2.17. The Morgan fingerprint density at radius 1 is 1.29 bits per heavy atom. The summed E-state index contributed by atoms with van der Waals surface area (Å²) in [6, 6.07) is 3.98. The van der Waals surface area contributed by atoms with Gasteiger partial charge in [-0.25, -0.2) is 8.78 Å². The highest BCUT2D eigenvalue weighted by atomic mass is 19.3. The van der Waals surface area contributed by atoms with E-state index in [0.717, 1.165) is 36.5 Å². The second kappa shape index (κ2) is 5.92. The molecule has 4 nitrogen and oxygen atoms in total. The SMILES string of the molecule is Cn1ccc(-c2cc(C3CCC(F)(F)C3)ncc2C2CCNC2)n1. The Labute approximate surface area is 140 Å². The van der Waals surface area contributed by atoms with Gasteiger partial charge in [0.05, 0.1) is 5.69 Å². The highest BCUT2D eigenvalue weighted by molar-refractivity contribution is 5.64. The van der Waals surface area contributed by atoms with Crippen LogP contribution in [-0.4, -0.2) is 33.8 Å². The molecule has 2 aromatic heterocycles. The molecule has 0 amide bonds.